The summed E-state index contributed by atoms with van der Waals surface area (Å²) in [5.74, 6) is -1.20. The predicted octanol–water partition coefficient (Wildman–Crippen LogP) is 0.897. The molecule has 136 valence electrons. The third kappa shape index (κ3) is 3.86. The zero-order valence-corrected chi connectivity index (χ0v) is 15.7. The lowest BCUT2D eigenvalue weighted by Crippen LogP contribution is -2.44. The van der Waals surface area contributed by atoms with Crippen molar-refractivity contribution in [3.63, 3.8) is 0 Å². The number of methoxy groups -OCH3 is 2. The summed E-state index contributed by atoms with van der Waals surface area (Å²) >= 11 is 0. The van der Waals surface area contributed by atoms with E-state index < -0.39 is 27.5 Å². The van der Waals surface area contributed by atoms with Gasteiger partial charge in [0, 0.05) is 32.9 Å². The first-order chi connectivity index (χ1) is 11.0. The Labute approximate surface area is 142 Å². The van der Waals surface area contributed by atoms with Crippen LogP contribution in [0.5, 0.6) is 0 Å². The number of hydrogen-bond acceptors (Lipinski definition) is 6. The summed E-state index contributed by atoms with van der Waals surface area (Å²) in [5, 5.41) is 4.29. The molecule has 0 aliphatic carbocycles. The van der Waals surface area contributed by atoms with Gasteiger partial charge in [-0.1, -0.05) is 20.8 Å². The van der Waals surface area contributed by atoms with Crippen molar-refractivity contribution in [2.24, 2.45) is 7.05 Å². The van der Waals surface area contributed by atoms with Crippen molar-refractivity contribution in [2.75, 3.05) is 20.8 Å². The van der Waals surface area contributed by atoms with Gasteiger partial charge in [-0.2, -0.15) is 5.10 Å². The fraction of sp³-hybridized carbons (Fsp3) is 0.667. The quantitative estimate of drug-likeness (QED) is 0.759. The van der Waals surface area contributed by atoms with E-state index in [4.69, 9.17) is 14.2 Å². The van der Waals surface area contributed by atoms with Crippen molar-refractivity contribution in [3.8, 4) is 0 Å². The highest BCUT2D eigenvalue weighted by atomic mass is 32.2. The van der Waals surface area contributed by atoms with Crippen molar-refractivity contribution in [3.05, 3.63) is 24.0 Å². The fourth-order valence-corrected chi connectivity index (χ4v) is 3.81. The van der Waals surface area contributed by atoms with Gasteiger partial charge in [0.15, 0.2) is 6.29 Å². The Morgan fingerprint density at radius 1 is 1.42 bits per heavy atom. The monoisotopic (exact) mass is 359 g/mol. The Balaban J connectivity index is 2.23. The summed E-state index contributed by atoms with van der Waals surface area (Å²) in [5.41, 5.74) is 0.0940. The van der Waals surface area contributed by atoms with Crippen molar-refractivity contribution in [1.82, 2.24) is 14.5 Å². The summed E-state index contributed by atoms with van der Waals surface area (Å²) in [7, 11) is 0.852. The van der Waals surface area contributed by atoms with Crippen LogP contribution in [0, 0.1) is 0 Å². The molecular weight excluding hydrogens is 334 g/mol. The normalized spacial score (nSPS) is 24.7. The molecule has 24 heavy (non-hydrogen) atoms. The predicted molar refractivity (Wildman–Crippen MR) is 87.9 cm³/mol. The van der Waals surface area contributed by atoms with Crippen LogP contribution < -0.4 is 4.72 Å². The van der Waals surface area contributed by atoms with Crippen molar-refractivity contribution >= 4 is 10.0 Å². The second kappa shape index (κ2) is 6.57. The van der Waals surface area contributed by atoms with E-state index in [0.29, 0.717) is 5.69 Å². The maximum absolute atomic E-state index is 12.7. The molecule has 2 heterocycles. The van der Waals surface area contributed by atoms with E-state index in [2.05, 4.69) is 9.82 Å². The summed E-state index contributed by atoms with van der Waals surface area (Å²) in [6.07, 6.45) is 4.23. The molecule has 0 spiro atoms. The van der Waals surface area contributed by atoms with Crippen LogP contribution in [0.4, 0.5) is 0 Å². The average molecular weight is 359 g/mol. The Morgan fingerprint density at radius 2 is 2.08 bits per heavy atom. The number of nitrogens with one attached hydrogen (secondary N) is 1. The molecule has 8 nitrogen and oxygen atoms in total. The number of aromatic nitrogens is 2. The second-order valence-electron chi connectivity index (χ2n) is 6.69. The van der Waals surface area contributed by atoms with Gasteiger partial charge in [0.25, 0.3) is 0 Å². The van der Waals surface area contributed by atoms with Gasteiger partial charge in [-0.05, 0) is 12.2 Å². The van der Waals surface area contributed by atoms with Crippen molar-refractivity contribution < 1.29 is 22.6 Å². The van der Waals surface area contributed by atoms with Crippen LogP contribution >= 0.6 is 0 Å². The maximum atomic E-state index is 12.7. The topological polar surface area (TPSA) is 91.7 Å². The van der Waals surface area contributed by atoms with Gasteiger partial charge < -0.3 is 14.2 Å². The molecule has 2 atom stereocenters. The van der Waals surface area contributed by atoms with Gasteiger partial charge in [-0.3, -0.25) is 4.68 Å². The zero-order valence-electron chi connectivity index (χ0n) is 14.9. The third-order valence-corrected chi connectivity index (χ3v) is 5.11. The zero-order chi connectivity index (χ0) is 18.2. The van der Waals surface area contributed by atoms with E-state index in [9.17, 15) is 8.42 Å². The van der Waals surface area contributed by atoms with E-state index in [1.54, 1.807) is 19.2 Å². The van der Waals surface area contributed by atoms with E-state index in [1.165, 1.54) is 25.1 Å². The standard InChI is InChI=1S/C15H25N3O5S/c1-14(2,3)13-11(9-18(4)17-13)24(19,20)16-10-15(22-6)8-7-12(21-5)23-15/h7-9,12,16H,10H2,1-6H3. The van der Waals surface area contributed by atoms with E-state index in [0.717, 1.165) is 0 Å². The average Bonchev–Trinajstić information content (AvgIpc) is 3.09. The molecule has 1 N–H and O–H groups in total. The molecule has 0 aromatic carbocycles. The third-order valence-electron chi connectivity index (χ3n) is 3.70. The largest absolute Gasteiger partial charge is 0.352 e. The molecule has 0 bridgehead atoms. The molecule has 1 aliphatic rings. The fourth-order valence-electron chi connectivity index (χ4n) is 2.37. The lowest BCUT2D eigenvalue weighted by molar-refractivity contribution is -0.237. The van der Waals surface area contributed by atoms with E-state index >= 15 is 0 Å². The molecular formula is C15H25N3O5S. The Bertz CT molecular complexity index is 720. The minimum Gasteiger partial charge on any atom is -0.352 e. The molecule has 1 aromatic rings. The Hall–Kier alpha value is -1.26. The van der Waals surface area contributed by atoms with Gasteiger partial charge >= 0.3 is 0 Å². The molecule has 0 amide bonds. The van der Waals surface area contributed by atoms with Gasteiger partial charge in [0.05, 0.1) is 12.2 Å². The van der Waals surface area contributed by atoms with Gasteiger partial charge in [-0.15, -0.1) is 0 Å². The molecule has 0 saturated carbocycles. The maximum Gasteiger partial charge on any atom is 0.244 e. The highest BCUT2D eigenvalue weighted by Gasteiger charge is 2.38. The van der Waals surface area contributed by atoms with Crippen LogP contribution in [0.3, 0.4) is 0 Å². The molecule has 1 aromatic heterocycles. The van der Waals surface area contributed by atoms with Crippen LogP contribution in [0.1, 0.15) is 26.5 Å². The molecule has 2 rings (SSSR count). The van der Waals surface area contributed by atoms with Crippen LogP contribution in [0.2, 0.25) is 0 Å². The summed E-state index contributed by atoms with van der Waals surface area (Å²) in [6.45, 7) is 5.66. The second-order valence-corrected chi connectivity index (χ2v) is 8.42. The summed E-state index contributed by atoms with van der Waals surface area (Å²) in [6, 6.07) is 0. The summed E-state index contributed by atoms with van der Waals surface area (Å²) < 4.78 is 45.5. The van der Waals surface area contributed by atoms with Gasteiger partial charge in [-0.25, -0.2) is 13.1 Å². The highest BCUT2D eigenvalue weighted by molar-refractivity contribution is 7.89. The van der Waals surface area contributed by atoms with Crippen LogP contribution in [0.25, 0.3) is 0 Å². The molecule has 0 saturated heterocycles. The first kappa shape index (κ1) is 19.1. The van der Waals surface area contributed by atoms with Crippen LogP contribution in [-0.2, 0) is 36.7 Å². The van der Waals surface area contributed by atoms with Crippen LogP contribution in [0.15, 0.2) is 23.2 Å². The SMILES string of the molecule is COC1C=CC(CNS(=O)(=O)c2cn(C)nc2C(C)(C)C)(OC)O1. The molecule has 0 fully saturated rings. The molecule has 0 radical (unpaired) electrons. The van der Waals surface area contributed by atoms with Crippen molar-refractivity contribution in [1.29, 1.82) is 0 Å². The number of rotatable bonds is 6. The lowest BCUT2D eigenvalue weighted by Gasteiger charge is -2.27. The number of ether oxygens (including phenoxy) is 3. The lowest BCUT2D eigenvalue weighted by atomic mass is 9.92. The Morgan fingerprint density at radius 3 is 2.58 bits per heavy atom. The minimum absolute atomic E-state index is 0.0827. The van der Waals surface area contributed by atoms with E-state index in [1.807, 2.05) is 20.8 Å². The first-order valence-electron chi connectivity index (χ1n) is 7.52. The van der Waals surface area contributed by atoms with E-state index in [-0.39, 0.29) is 11.4 Å². The molecule has 2 unspecified atom stereocenters. The number of sulfonamides is 1. The van der Waals surface area contributed by atoms with Crippen LogP contribution in [-0.4, -0.2) is 51.0 Å². The molecule has 9 heteroatoms. The van der Waals surface area contributed by atoms with Gasteiger partial charge in [0.1, 0.15) is 4.90 Å². The number of hydrogen-bond donors (Lipinski definition) is 1. The smallest absolute Gasteiger partial charge is 0.244 e. The highest BCUT2D eigenvalue weighted by Crippen LogP contribution is 2.28. The first-order valence-corrected chi connectivity index (χ1v) is 9.00. The minimum atomic E-state index is -3.78. The summed E-state index contributed by atoms with van der Waals surface area (Å²) in [4.78, 5) is 0.147. The van der Waals surface area contributed by atoms with Gasteiger partial charge in [0.2, 0.25) is 15.8 Å². The number of aryl methyl sites for hydroxylation is 1. The molecule has 1 aliphatic heterocycles. The van der Waals surface area contributed by atoms with Crippen molar-refractivity contribution in [2.45, 2.75) is 43.2 Å². The Kier molecular flexibility index (Phi) is 5.22. The number of nitrogens with zero attached hydrogens (tertiary/aromatic N) is 2.